The molecule has 0 amide bonds. The predicted octanol–water partition coefficient (Wildman–Crippen LogP) is 1.64. The predicted molar refractivity (Wildman–Crippen MR) is 77.1 cm³/mol. The maximum Gasteiger partial charge on any atom is 0.223 e. The van der Waals surface area contributed by atoms with Crippen molar-refractivity contribution >= 4 is 33.3 Å². The van der Waals surface area contributed by atoms with Crippen LogP contribution in [0, 0.1) is 0 Å². The van der Waals surface area contributed by atoms with Gasteiger partial charge in [0.05, 0.1) is 11.9 Å². The Labute approximate surface area is 114 Å². The summed E-state index contributed by atoms with van der Waals surface area (Å²) in [5, 5.41) is 3.02. The van der Waals surface area contributed by atoms with E-state index in [4.69, 9.17) is 5.73 Å². The standard InChI is InChI=1S/C12H14N6S/c1-17-5-4-14-9(17)7-18(2)10-8-3-6-19-11(8)16-12(13)15-10/h3-6H,7H2,1-2H3,(H2,13,15,16). The molecular formula is C12H14N6S. The first-order chi connectivity index (χ1) is 9.15. The minimum atomic E-state index is 0.302. The Bertz CT molecular complexity index is 716. The van der Waals surface area contributed by atoms with E-state index in [1.165, 1.54) is 0 Å². The molecule has 0 radical (unpaired) electrons. The Hall–Kier alpha value is -2.15. The summed E-state index contributed by atoms with van der Waals surface area (Å²) in [7, 11) is 3.96. The summed E-state index contributed by atoms with van der Waals surface area (Å²) in [4.78, 5) is 15.8. The summed E-state index contributed by atoms with van der Waals surface area (Å²) in [5.41, 5.74) is 5.76. The third kappa shape index (κ3) is 2.12. The molecule has 3 rings (SSSR count). The van der Waals surface area contributed by atoms with Crippen molar-refractivity contribution in [3.05, 3.63) is 29.7 Å². The van der Waals surface area contributed by atoms with Crippen molar-refractivity contribution in [3.8, 4) is 0 Å². The Morgan fingerprint density at radius 3 is 3.00 bits per heavy atom. The van der Waals surface area contributed by atoms with Crippen molar-refractivity contribution in [3.63, 3.8) is 0 Å². The van der Waals surface area contributed by atoms with Gasteiger partial charge >= 0.3 is 0 Å². The van der Waals surface area contributed by atoms with Crippen LogP contribution >= 0.6 is 11.3 Å². The number of rotatable bonds is 3. The van der Waals surface area contributed by atoms with Crippen LogP contribution in [0.25, 0.3) is 10.2 Å². The van der Waals surface area contributed by atoms with Crippen LogP contribution in [0.15, 0.2) is 23.8 Å². The molecule has 3 aromatic rings. The highest BCUT2D eigenvalue weighted by Crippen LogP contribution is 2.28. The summed E-state index contributed by atoms with van der Waals surface area (Å²) < 4.78 is 1.99. The van der Waals surface area contributed by atoms with Crippen LogP contribution in [0.2, 0.25) is 0 Å². The average molecular weight is 274 g/mol. The second kappa shape index (κ2) is 4.51. The van der Waals surface area contributed by atoms with Crippen molar-refractivity contribution in [2.45, 2.75) is 6.54 Å². The number of nitrogens with two attached hydrogens (primary N) is 1. The molecule has 6 nitrogen and oxygen atoms in total. The molecule has 19 heavy (non-hydrogen) atoms. The Morgan fingerprint density at radius 1 is 1.42 bits per heavy atom. The van der Waals surface area contributed by atoms with E-state index in [0.717, 1.165) is 21.9 Å². The van der Waals surface area contributed by atoms with Crippen LogP contribution < -0.4 is 10.6 Å². The van der Waals surface area contributed by atoms with Gasteiger partial charge in [-0.15, -0.1) is 11.3 Å². The molecule has 0 bridgehead atoms. The largest absolute Gasteiger partial charge is 0.368 e. The molecule has 0 aliphatic rings. The minimum Gasteiger partial charge on any atom is -0.368 e. The number of nitrogen functional groups attached to an aromatic ring is 1. The first-order valence-corrected chi connectivity index (χ1v) is 6.71. The fourth-order valence-electron chi connectivity index (χ4n) is 1.98. The maximum absolute atomic E-state index is 5.76. The molecule has 98 valence electrons. The van der Waals surface area contributed by atoms with Crippen LogP contribution in [-0.4, -0.2) is 26.6 Å². The molecule has 0 aromatic carbocycles. The normalized spacial score (nSPS) is 11.1. The number of imidazole rings is 1. The van der Waals surface area contributed by atoms with Crippen LogP contribution in [0.1, 0.15) is 5.82 Å². The van der Waals surface area contributed by atoms with E-state index in [1.54, 1.807) is 17.5 Å². The number of hydrogen-bond acceptors (Lipinski definition) is 6. The van der Waals surface area contributed by atoms with Gasteiger partial charge in [0.25, 0.3) is 0 Å². The van der Waals surface area contributed by atoms with E-state index < -0.39 is 0 Å². The lowest BCUT2D eigenvalue weighted by atomic mass is 10.3. The van der Waals surface area contributed by atoms with Gasteiger partial charge < -0.3 is 15.2 Å². The van der Waals surface area contributed by atoms with Gasteiger partial charge in [0.2, 0.25) is 5.95 Å². The number of aryl methyl sites for hydroxylation is 1. The minimum absolute atomic E-state index is 0.302. The summed E-state index contributed by atoms with van der Waals surface area (Å²) in [5.74, 6) is 2.12. The van der Waals surface area contributed by atoms with Gasteiger partial charge in [-0.05, 0) is 11.4 Å². The van der Waals surface area contributed by atoms with Gasteiger partial charge in [-0.1, -0.05) is 0 Å². The molecule has 0 saturated heterocycles. The van der Waals surface area contributed by atoms with Crippen molar-refractivity contribution in [2.24, 2.45) is 7.05 Å². The number of nitrogens with zero attached hydrogens (tertiary/aromatic N) is 5. The Morgan fingerprint density at radius 2 is 2.26 bits per heavy atom. The summed E-state index contributed by atoms with van der Waals surface area (Å²) in [6.45, 7) is 0.672. The smallest absolute Gasteiger partial charge is 0.223 e. The molecule has 3 aromatic heterocycles. The van der Waals surface area contributed by atoms with Gasteiger partial charge in [0, 0.05) is 26.5 Å². The second-order valence-corrected chi connectivity index (χ2v) is 5.25. The van der Waals surface area contributed by atoms with Crippen molar-refractivity contribution in [1.82, 2.24) is 19.5 Å². The first kappa shape index (κ1) is 11.9. The van der Waals surface area contributed by atoms with Gasteiger partial charge in [-0.3, -0.25) is 0 Å². The highest BCUT2D eigenvalue weighted by atomic mass is 32.1. The van der Waals surface area contributed by atoms with Crippen LogP contribution in [0.5, 0.6) is 0 Å². The topological polar surface area (TPSA) is 72.9 Å². The summed E-state index contributed by atoms with van der Waals surface area (Å²) in [6, 6.07) is 2.02. The maximum atomic E-state index is 5.76. The number of fused-ring (bicyclic) bond motifs is 1. The number of aromatic nitrogens is 4. The highest BCUT2D eigenvalue weighted by molar-refractivity contribution is 7.16. The number of hydrogen-bond donors (Lipinski definition) is 1. The molecule has 0 unspecified atom stereocenters. The van der Waals surface area contributed by atoms with E-state index in [0.29, 0.717) is 12.5 Å². The molecule has 0 saturated carbocycles. The zero-order valence-electron chi connectivity index (χ0n) is 10.7. The van der Waals surface area contributed by atoms with E-state index in [-0.39, 0.29) is 0 Å². The third-order valence-electron chi connectivity index (χ3n) is 2.98. The average Bonchev–Trinajstić information content (AvgIpc) is 2.98. The fourth-order valence-corrected chi connectivity index (χ4v) is 2.75. The van der Waals surface area contributed by atoms with Crippen molar-refractivity contribution < 1.29 is 0 Å². The lowest BCUT2D eigenvalue weighted by Crippen LogP contribution is -2.20. The van der Waals surface area contributed by atoms with E-state index in [9.17, 15) is 0 Å². The zero-order valence-corrected chi connectivity index (χ0v) is 11.6. The lowest BCUT2D eigenvalue weighted by molar-refractivity contribution is 0.757. The van der Waals surface area contributed by atoms with E-state index in [1.807, 2.05) is 41.2 Å². The zero-order chi connectivity index (χ0) is 13.4. The van der Waals surface area contributed by atoms with Gasteiger partial charge in [0.15, 0.2) is 0 Å². The third-order valence-corrected chi connectivity index (χ3v) is 3.79. The second-order valence-electron chi connectivity index (χ2n) is 4.36. The van der Waals surface area contributed by atoms with Gasteiger partial charge in [-0.2, -0.15) is 4.98 Å². The Kier molecular flexibility index (Phi) is 2.83. The van der Waals surface area contributed by atoms with Gasteiger partial charge in [-0.25, -0.2) is 9.97 Å². The molecule has 0 atom stereocenters. The lowest BCUT2D eigenvalue weighted by Gasteiger charge is -2.18. The quantitative estimate of drug-likeness (QED) is 0.786. The molecule has 0 aliphatic carbocycles. The van der Waals surface area contributed by atoms with E-state index in [2.05, 4.69) is 15.0 Å². The summed E-state index contributed by atoms with van der Waals surface area (Å²) >= 11 is 1.57. The molecule has 3 heterocycles. The van der Waals surface area contributed by atoms with Crippen LogP contribution in [-0.2, 0) is 13.6 Å². The molecule has 0 spiro atoms. The summed E-state index contributed by atoms with van der Waals surface area (Å²) in [6.07, 6.45) is 3.72. The van der Waals surface area contributed by atoms with E-state index >= 15 is 0 Å². The first-order valence-electron chi connectivity index (χ1n) is 5.83. The Balaban J connectivity index is 1.99. The molecule has 0 fully saturated rings. The fraction of sp³-hybridized carbons (Fsp3) is 0.250. The molecule has 0 aliphatic heterocycles. The van der Waals surface area contributed by atoms with Crippen LogP contribution in [0.3, 0.4) is 0 Å². The highest BCUT2D eigenvalue weighted by Gasteiger charge is 2.13. The van der Waals surface area contributed by atoms with Crippen molar-refractivity contribution in [1.29, 1.82) is 0 Å². The molecule has 7 heteroatoms. The van der Waals surface area contributed by atoms with Crippen molar-refractivity contribution in [2.75, 3.05) is 17.7 Å². The number of thiophene rings is 1. The SMILES string of the molecule is CN(Cc1nccn1C)c1nc(N)nc2sccc12. The number of anilines is 2. The molecular weight excluding hydrogens is 260 g/mol. The van der Waals surface area contributed by atoms with Gasteiger partial charge in [0.1, 0.15) is 16.5 Å². The molecule has 2 N–H and O–H groups in total. The van der Waals surface area contributed by atoms with Crippen LogP contribution in [0.4, 0.5) is 11.8 Å². The monoisotopic (exact) mass is 274 g/mol.